The molecule has 19 heavy (non-hydrogen) atoms. The molecule has 0 aliphatic heterocycles. The van der Waals surface area contributed by atoms with Gasteiger partial charge in [0.15, 0.2) is 0 Å². The minimum absolute atomic E-state index is 0.171. The van der Waals surface area contributed by atoms with Crippen molar-refractivity contribution < 1.29 is 14.2 Å². The van der Waals surface area contributed by atoms with Crippen LogP contribution in [0.4, 0.5) is 0 Å². The number of methoxy groups -OCH3 is 2. The van der Waals surface area contributed by atoms with Crippen molar-refractivity contribution in [3.63, 3.8) is 0 Å². The van der Waals surface area contributed by atoms with Crippen LogP contribution in [0.25, 0.3) is 0 Å². The second-order valence-electron chi connectivity index (χ2n) is 4.69. The van der Waals surface area contributed by atoms with Crippen molar-refractivity contribution in [1.29, 1.82) is 0 Å². The van der Waals surface area contributed by atoms with Gasteiger partial charge < -0.3 is 19.5 Å². The molecule has 1 rings (SSSR count). The van der Waals surface area contributed by atoms with E-state index in [0.717, 1.165) is 18.0 Å². The molecule has 1 N–H and O–H groups in total. The lowest BCUT2D eigenvalue weighted by molar-refractivity contribution is 0.00538. The summed E-state index contributed by atoms with van der Waals surface area (Å²) in [4.78, 5) is 0. The zero-order chi connectivity index (χ0) is 14.1. The molecule has 0 atom stereocenters. The van der Waals surface area contributed by atoms with Gasteiger partial charge in [-0.2, -0.15) is 0 Å². The highest BCUT2D eigenvalue weighted by atomic mass is 32.1. The van der Waals surface area contributed by atoms with Gasteiger partial charge in [0, 0.05) is 33.7 Å². The first kappa shape index (κ1) is 16.3. The summed E-state index contributed by atoms with van der Waals surface area (Å²) < 4.78 is 15.8. The van der Waals surface area contributed by atoms with Crippen LogP contribution in [0, 0.1) is 0 Å². The van der Waals surface area contributed by atoms with E-state index in [2.05, 4.69) is 15.5 Å². The number of hydrogen-bond donors (Lipinski definition) is 1. The standard InChI is InChI=1S/C12H23N3O3S/c1-12(2,17-4)5-7-18-11-15-14-10(19-11)9-13-6-8-16-3/h13H,5-9H2,1-4H3. The fourth-order valence-corrected chi connectivity index (χ4v) is 1.91. The summed E-state index contributed by atoms with van der Waals surface area (Å²) in [6.45, 7) is 6.81. The second-order valence-corrected chi connectivity index (χ2v) is 5.72. The molecule has 0 saturated carbocycles. The summed E-state index contributed by atoms with van der Waals surface area (Å²) in [6.07, 6.45) is 0.810. The van der Waals surface area contributed by atoms with Crippen molar-refractivity contribution in [2.45, 2.75) is 32.4 Å². The highest BCUT2D eigenvalue weighted by Gasteiger charge is 2.16. The molecular formula is C12H23N3O3S. The molecule has 0 fully saturated rings. The Balaban J connectivity index is 2.23. The predicted octanol–water partition coefficient (Wildman–Crippen LogP) is 1.47. The van der Waals surface area contributed by atoms with Gasteiger partial charge in [-0.25, -0.2) is 0 Å². The lowest BCUT2D eigenvalue weighted by Crippen LogP contribution is -2.25. The van der Waals surface area contributed by atoms with Gasteiger partial charge in [0.25, 0.3) is 5.19 Å². The van der Waals surface area contributed by atoms with Gasteiger partial charge in [-0.1, -0.05) is 11.3 Å². The normalized spacial score (nSPS) is 11.8. The van der Waals surface area contributed by atoms with Gasteiger partial charge in [-0.3, -0.25) is 0 Å². The van der Waals surface area contributed by atoms with Crippen LogP contribution in [-0.4, -0.2) is 49.8 Å². The van der Waals surface area contributed by atoms with Gasteiger partial charge >= 0.3 is 0 Å². The maximum Gasteiger partial charge on any atom is 0.294 e. The molecule has 0 aromatic carbocycles. The van der Waals surface area contributed by atoms with Gasteiger partial charge in [-0.15, -0.1) is 10.2 Å². The maximum absolute atomic E-state index is 5.56. The first-order chi connectivity index (χ1) is 9.07. The summed E-state index contributed by atoms with van der Waals surface area (Å²) in [5.74, 6) is 0. The molecule has 6 nitrogen and oxygen atoms in total. The van der Waals surface area contributed by atoms with E-state index in [0.29, 0.717) is 25.0 Å². The third-order valence-electron chi connectivity index (χ3n) is 2.69. The van der Waals surface area contributed by atoms with Crippen molar-refractivity contribution >= 4 is 11.3 Å². The van der Waals surface area contributed by atoms with Gasteiger partial charge in [-0.05, 0) is 13.8 Å². The van der Waals surface area contributed by atoms with Crippen LogP contribution in [0.1, 0.15) is 25.3 Å². The molecule has 0 spiro atoms. The van der Waals surface area contributed by atoms with Gasteiger partial charge in [0.1, 0.15) is 5.01 Å². The number of nitrogens with zero attached hydrogens (tertiary/aromatic N) is 2. The number of rotatable bonds is 10. The highest BCUT2D eigenvalue weighted by Crippen LogP contribution is 2.19. The average molecular weight is 289 g/mol. The smallest absolute Gasteiger partial charge is 0.294 e. The SMILES string of the molecule is COCCNCc1nnc(OCCC(C)(C)OC)s1. The third-order valence-corrected chi connectivity index (χ3v) is 3.53. The van der Waals surface area contributed by atoms with E-state index in [1.807, 2.05) is 13.8 Å². The minimum Gasteiger partial charge on any atom is -0.469 e. The molecule has 0 bridgehead atoms. The summed E-state index contributed by atoms with van der Waals surface area (Å²) in [6, 6.07) is 0. The molecule has 0 saturated heterocycles. The predicted molar refractivity (Wildman–Crippen MR) is 74.7 cm³/mol. The Labute approximate surface area is 118 Å². The van der Waals surface area contributed by atoms with E-state index in [4.69, 9.17) is 14.2 Å². The van der Waals surface area contributed by atoms with Crippen LogP contribution in [-0.2, 0) is 16.0 Å². The van der Waals surface area contributed by atoms with E-state index < -0.39 is 0 Å². The van der Waals surface area contributed by atoms with Gasteiger partial charge in [0.2, 0.25) is 0 Å². The molecule has 110 valence electrons. The molecule has 0 aliphatic rings. The quantitative estimate of drug-likeness (QED) is 0.658. The van der Waals surface area contributed by atoms with E-state index in [1.165, 1.54) is 11.3 Å². The van der Waals surface area contributed by atoms with Crippen LogP contribution in [0.3, 0.4) is 0 Å². The van der Waals surface area contributed by atoms with Crippen LogP contribution < -0.4 is 10.1 Å². The molecule has 0 unspecified atom stereocenters. The molecule has 0 radical (unpaired) electrons. The Morgan fingerprint density at radius 3 is 2.68 bits per heavy atom. The highest BCUT2D eigenvalue weighted by molar-refractivity contribution is 7.13. The lowest BCUT2D eigenvalue weighted by Gasteiger charge is -2.21. The molecule has 0 amide bonds. The monoisotopic (exact) mass is 289 g/mol. The lowest BCUT2D eigenvalue weighted by atomic mass is 10.1. The fraction of sp³-hybridized carbons (Fsp3) is 0.833. The molecule has 7 heteroatoms. The van der Waals surface area contributed by atoms with E-state index in [9.17, 15) is 0 Å². The topological polar surface area (TPSA) is 65.5 Å². The van der Waals surface area contributed by atoms with E-state index in [-0.39, 0.29) is 5.60 Å². The van der Waals surface area contributed by atoms with Crippen molar-refractivity contribution in [2.75, 3.05) is 34.0 Å². The Morgan fingerprint density at radius 2 is 2.00 bits per heavy atom. The van der Waals surface area contributed by atoms with Crippen molar-refractivity contribution in [1.82, 2.24) is 15.5 Å². The second kappa shape index (κ2) is 8.42. The zero-order valence-electron chi connectivity index (χ0n) is 12.1. The number of ether oxygens (including phenoxy) is 3. The zero-order valence-corrected chi connectivity index (χ0v) is 12.9. The Morgan fingerprint density at radius 1 is 1.21 bits per heavy atom. The van der Waals surface area contributed by atoms with Crippen LogP contribution in [0.2, 0.25) is 0 Å². The molecule has 0 aliphatic carbocycles. The van der Waals surface area contributed by atoms with Crippen molar-refractivity contribution in [3.05, 3.63) is 5.01 Å². The van der Waals surface area contributed by atoms with E-state index in [1.54, 1.807) is 14.2 Å². The molecule has 1 aromatic rings. The first-order valence-electron chi connectivity index (χ1n) is 6.27. The minimum atomic E-state index is -0.171. The third kappa shape index (κ3) is 6.81. The summed E-state index contributed by atoms with van der Waals surface area (Å²) in [5.41, 5.74) is -0.171. The van der Waals surface area contributed by atoms with Crippen LogP contribution >= 0.6 is 11.3 Å². The Kier molecular flexibility index (Phi) is 7.22. The first-order valence-corrected chi connectivity index (χ1v) is 7.09. The fourth-order valence-electron chi connectivity index (χ4n) is 1.22. The number of hydrogen-bond acceptors (Lipinski definition) is 7. The molecule has 1 aromatic heterocycles. The summed E-state index contributed by atoms with van der Waals surface area (Å²) in [7, 11) is 3.38. The largest absolute Gasteiger partial charge is 0.469 e. The summed E-state index contributed by atoms with van der Waals surface area (Å²) in [5, 5.41) is 12.8. The number of aromatic nitrogens is 2. The number of nitrogens with one attached hydrogen (secondary N) is 1. The van der Waals surface area contributed by atoms with Crippen LogP contribution in [0.15, 0.2) is 0 Å². The molecule has 1 heterocycles. The van der Waals surface area contributed by atoms with E-state index >= 15 is 0 Å². The Bertz CT molecular complexity index is 358. The maximum atomic E-state index is 5.56. The van der Waals surface area contributed by atoms with Crippen molar-refractivity contribution in [2.24, 2.45) is 0 Å². The van der Waals surface area contributed by atoms with Gasteiger partial charge in [0.05, 0.1) is 18.8 Å². The molecular weight excluding hydrogens is 266 g/mol. The summed E-state index contributed by atoms with van der Waals surface area (Å²) >= 11 is 1.46. The Hall–Kier alpha value is -0.760. The van der Waals surface area contributed by atoms with Crippen LogP contribution in [0.5, 0.6) is 5.19 Å². The van der Waals surface area contributed by atoms with Crippen molar-refractivity contribution in [3.8, 4) is 5.19 Å². The average Bonchev–Trinajstić information content (AvgIpc) is 2.82.